The van der Waals surface area contributed by atoms with Gasteiger partial charge in [-0.2, -0.15) is 0 Å². The molecule has 0 fully saturated rings. The van der Waals surface area contributed by atoms with Gasteiger partial charge in [0.1, 0.15) is 5.82 Å². The van der Waals surface area contributed by atoms with Crippen LogP contribution < -0.4 is 5.32 Å². The minimum atomic E-state index is 0.828. The van der Waals surface area contributed by atoms with Crippen LogP contribution in [0.4, 0.5) is 5.82 Å². The molecule has 0 spiro atoms. The first-order valence-electron chi connectivity index (χ1n) is 6.40. The molecule has 1 aromatic heterocycles. The molecule has 1 aromatic carbocycles. The van der Waals surface area contributed by atoms with Gasteiger partial charge < -0.3 is 5.32 Å². The van der Waals surface area contributed by atoms with Crippen LogP contribution in [-0.2, 0) is 0 Å². The summed E-state index contributed by atoms with van der Waals surface area (Å²) in [4.78, 5) is 4.33. The molecule has 0 saturated heterocycles. The van der Waals surface area contributed by atoms with E-state index in [1.165, 1.54) is 22.1 Å². The number of anilines is 1. The lowest BCUT2D eigenvalue weighted by atomic mass is 10.0. The zero-order chi connectivity index (χ0) is 13.2. The van der Waals surface area contributed by atoms with E-state index in [4.69, 9.17) is 0 Å². The normalized spacial score (nSPS) is 14.2. The molecule has 0 aliphatic heterocycles. The molecule has 0 radical (unpaired) electrons. The Hall–Kier alpha value is -2.35. The number of pyridine rings is 1. The molecule has 19 heavy (non-hydrogen) atoms. The van der Waals surface area contributed by atoms with E-state index in [2.05, 4.69) is 60.2 Å². The van der Waals surface area contributed by atoms with E-state index in [-0.39, 0.29) is 0 Å². The molecule has 0 bridgehead atoms. The topological polar surface area (TPSA) is 24.9 Å². The highest BCUT2D eigenvalue weighted by Gasteiger charge is 2.08. The number of aromatic nitrogens is 1. The molecule has 2 heteroatoms. The van der Waals surface area contributed by atoms with Crippen molar-refractivity contribution in [3.05, 3.63) is 66.5 Å². The van der Waals surface area contributed by atoms with Crippen molar-refractivity contribution in [3.8, 4) is 0 Å². The van der Waals surface area contributed by atoms with E-state index in [0.717, 1.165) is 17.6 Å². The zero-order valence-corrected chi connectivity index (χ0v) is 11.0. The van der Waals surface area contributed by atoms with E-state index in [1.807, 2.05) is 6.20 Å². The number of hydrogen-bond donors (Lipinski definition) is 1. The summed E-state index contributed by atoms with van der Waals surface area (Å²) in [5, 5.41) is 5.37. The molecule has 1 aliphatic rings. The summed E-state index contributed by atoms with van der Waals surface area (Å²) in [5.41, 5.74) is 4.09. The summed E-state index contributed by atoms with van der Waals surface area (Å²) in [7, 11) is 0. The summed E-state index contributed by atoms with van der Waals surface area (Å²) < 4.78 is 0. The van der Waals surface area contributed by atoms with E-state index < -0.39 is 0 Å². The standard InChI is InChI=1S/C17H16N2/c1-3-18-17-10-16-9-14(6-7-15(16)11-19-17)13-5-4-12(2)8-13/h3-7,9-11H,1,8H2,2H3,(H,18,19). The number of fused-ring (bicyclic) bond motifs is 1. The third kappa shape index (κ3) is 2.29. The average Bonchev–Trinajstić information content (AvgIpc) is 2.85. The van der Waals surface area contributed by atoms with Crippen LogP contribution in [0.5, 0.6) is 0 Å². The van der Waals surface area contributed by atoms with Gasteiger partial charge in [0.2, 0.25) is 0 Å². The Morgan fingerprint density at radius 3 is 2.84 bits per heavy atom. The van der Waals surface area contributed by atoms with E-state index in [0.29, 0.717) is 0 Å². The highest BCUT2D eigenvalue weighted by atomic mass is 15.0. The molecular weight excluding hydrogens is 232 g/mol. The minimum absolute atomic E-state index is 0.828. The molecule has 3 rings (SSSR count). The van der Waals surface area contributed by atoms with Gasteiger partial charge in [-0.15, -0.1) is 0 Å². The highest BCUT2D eigenvalue weighted by molar-refractivity contribution is 5.88. The largest absolute Gasteiger partial charge is 0.347 e. The molecule has 0 amide bonds. The lowest BCUT2D eigenvalue weighted by molar-refractivity contribution is 1.26. The van der Waals surface area contributed by atoms with Gasteiger partial charge in [0.05, 0.1) is 0 Å². The van der Waals surface area contributed by atoms with Crippen LogP contribution in [0.25, 0.3) is 16.3 Å². The first kappa shape index (κ1) is 11.7. The number of nitrogens with zero attached hydrogens (tertiary/aromatic N) is 1. The number of allylic oxidation sites excluding steroid dienone is 4. The van der Waals surface area contributed by atoms with Crippen molar-refractivity contribution in [1.82, 2.24) is 4.98 Å². The monoisotopic (exact) mass is 248 g/mol. The van der Waals surface area contributed by atoms with E-state index >= 15 is 0 Å². The Balaban J connectivity index is 2.02. The summed E-state index contributed by atoms with van der Waals surface area (Å²) in [6.45, 7) is 5.83. The van der Waals surface area contributed by atoms with Crippen LogP contribution in [0.15, 0.2) is 61.0 Å². The van der Waals surface area contributed by atoms with Crippen molar-refractivity contribution in [1.29, 1.82) is 0 Å². The molecule has 1 N–H and O–H groups in total. The van der Waals surface area contributed by atoms with Gasteiger partial charge in [-0.25, -0.2) is 4.98 Å². The molecule has 2 nitrogen and oxygen atoms in total. The Kier molecular flexibility index (Phi) is 2.92. The second-order valence-electron chi connectivity index (χ2n) is 4.86. The van der Waals surface area contributed by atoms with Crippen LogP contribution >= 0.6 is 0 Å². The third-order valence-corrected chi connectivity index (χ3v) is 3.38. The van der Waals surface area contributed by atoms with Gasteiger partial charge in [0, 0.05) is 11.6 Å². The maximum atomic E-state index is 4.33. The second kappa shape index (κ2) is 4.73. The predicted octanol–water partition coefficient (Wildman–Crippen LogP) is 4.52. The van der Waals surface area contributed by atoms with Gasteiger partial charge in [-0.1, -0.05) is 36.4 Å². The maximum Gasteiger partial charge on any atom is 0.130 e. The third-order valence-electron chi connectivity index (χ3n) is 3.38. The van der Waals surface area contributed by atoms with Crippen LogP contribution in [0.2, 0.25) is 0 Å². The Bertz CT molecular complexity index is 708. The van der Waals surface area contributed by atoms with Crippen molar-refractivity contribution in [2.24, 2.45) is 0 Å². The SMILES string of the molecule is C=CNc1cc2cc(C3=CC=C(C)C3)ccc2cn1. The summed E-state index contributed by atoms with van der Waals surface area (Å²) in [6.07, 6.45) is 8.98. The summed E-state index contributed by atoms with van der Waals surface area (Å²) in [5.74, 6) is 0.828. The van der Waals surface area contributed by atoms with Gasteiger partial charge in [0.15, 0.2) is 0 Å². The number of nitrogens with one attached hydrogen (secondary N) is 1. The van der Waals surface area contributed by atoms with Gasteiger partial charge >= 0.3 is 0 Å². The number of benzene rings is 1. The van der Waals surface area contributed by atoms with E-state index in [9.17, 15) is 0 Å². The lowest BCUT2D eigenvalue weighted by Crippen LogP contribution is -1.90. The maximum absolute atomic E-state index is 4.33. The van der Waals surface area contributed by atoms with Crippen molar-refractivity contribution >= 4 is 22.2 Å². The second-order valence-corrected chi connectivity index (χ2v) is 4.86. The lowest BCUT2D eigenvalue weighted by Gasteiger charge is -2.07. The summed E-state index contributed by atoms with van der Waals surface area (Å²) in [6, 6.07) is 8.58. The molecule has 0 saturated carbocycles. The smallest absolute Gasteiger partial charge is 0.130 e. The summed E-state index contributed by atoms with van der Waals surface area (Å²) >= 11 is 0. The van der Waals surface area contributed by atoms with Gasteiger partial charge in [0.25, 0.3) is 0 Å². The fourth-order valence-corrected chi connectivity index (χ4v) is 2.38. The Morgan fingerprint density at radius 2 is 2.11 bits per heavy atom. The zero-order valence-electron chi connectivity index (χ0n) is 11.0. The quantitative estimate of drug-likeness (QED) is 0.863. The first-order valence-corrected chi connectivity index (χ1v) is 6.40. The minimum Gasteiger partial charge on any atom is -0.347 e. The first-order chi connectivity index (χ1) is 9.26. The molecule has 1 heterocycles. The van der Waals surface area contributed by atoms with Crippen molar-refractivity contribution in [2.45, 2.75) is 13.3 Å². The van der Waals surface area contributed by atoms with Crippen molar-refractivity contribution in [3.63, 3.8) is 0 Å². The average molecular weight is 248 g/mol. The Labute approximate surface area is 113 Å². The van der Waals surface area contributed by atoms with Crippen molar-refractivity contribution in [2.75, 3.05) is 5.32 Å². The molecule has 2 aromatic rings. The Morgan fingerprint density at radius 1 is 1.21 bits per heavy atom. The van der Waals surface area contributed by atoms with Gasteiger partial charge in [-0.05, 0) is 48.2 Å². The molecule has 0 atom stereocenters. The van der Waals surface area contributed by atoms with Crippen LogP contribution in [0.1, 0.15) is 18.9 Å². The molecule has 0 unspecified atom stereocenters. The van der Waals surface area contributed by atoms with Gasteiger partial charge in [-0.3, -0.25) is 0 Å². The van der Waals surface area contributed by atoms with E-state index in [1.54, 1.807) is 6.20 Å². The van der Waals surface area contributed by atoms with Crippen LogP contribution in [0, 0.1) is 0 Å². The van der Waals surface area contributed by atoms with Crippen LogP contribution in [0.3, 0.4) is 0 Å². The molecule has 94 valence electrons. The number of rotatable bonds is 3. The van der Waals surface area contributed by atoms with Crippen molar-refractivity contribution < 1.29 is 0 Å². The molecule has 1 aliphatic carbocycles. The number of hydrogen-bond acceptors (Lipinski definition) is 2. The van der Waals surface area contributed by atoms with Crippen LogP contribution in [-0.4, -0.2) is 4.98 Å². The fraction of sp³-hybridized carbons (Fsp3) is 0.118. The molecular formula is C17H16N2. The highest BCUT2D eigenvalue weighted by Crippen LogP contribution is 2.30. The predicted molar refractivity (Wildman–Crippen MR) is 81.9 cm³/mol. The fourth-order valence-electron chi connectivity index (χ4n) is 2.38.